The number of thiocarbonyl (C=S) groups is 1. The summed E-state index contributed by atoms with van der Waals surface area (Å²) in [7, 11) is 0. The molecule has 6 heteroatoms. The zero-order valence-electron chi connectivity index (χ0n) is 14.5. The summed E-state index contributed by atoms with van der Waals surface area (Å²) in [5, 5.41) is 6.84. The minimum Gasteiger partial charge on any atom is -0.363 e. The van der Waals surface area contributed by atoms with E-state index in [0.717, 1.165) is 12.1 Å². The van der Waals surface area contributed by atoms with Gasteiger partial charge in [0.25, 0.3) is 0 Å². The van der Waals surface area contributed by atoms with Gasteiger partial charge in [-0.15, -0.1) is 0 Å². The van der Waals surface area contributed by atoms with Crippen molar-refractivity contribution in [3.05, 3.63) is 35.6 Å². The highest BCUT2D eigenvalue weighted by atomic mass is 32.1. The lowest BCUT2D eigenvalue weighted by Gasteiger charge is -2.19. The Kier molecular flexibility index (Phi) is 6.54. The number of carbonyl (C=O) groups excluding carboxylic acids is 1. The second-order valence-electron chi connectivity index (χ2n) is 6.64. The first-order chi connectivity index (χ1) is 11.4. The smallest absolute Gasteiger partial charge is 0.225 e. The maximum Gasteiger partial charge on any atom is 0.225 e. The molecule has 1 aromatic rings. The Labute approximate surface area is 148 Å². The summed E-state index contributed by atoms with van der Waals surface area (Å²) in [5.41, 5.74) is 0.975. The van der Waals surface area contributed by atoms with Gasteiger partial charge in [0.1, 0.15) is 5.82 Å². The molecule has 0 aliphatic carbocycles. The van der Waals surface area contributed by atoms with Gasteiger partial charge in [-0.05, 0) is 42.8 Å². The molecule has 1 amide bonds. The zero-order valence-corrected chi connectivity index (χ0v) is 15.3. The number of rotatable bonds is 5. The SMILES string of the molecule is CCNC(=S)N1CC(C(=O)NCC(C)C)C(c2ccc(F)cc2)C1. The third-order valence-corrected chi connectivity index (χ3v) is 4.66. The van der Waals surface area contributed by atoms with Crippen molar-refractivity contribution < 1.29 is 9.18 Å². The number of likely N-dealkylation sites (tertiary alicyclic amines) is 1. The van der Waals surface area contributed by atoms with E-state index >= 15 is 0 Å². The first-order valence-corrected chi connectivity index (χ1v) is 8.89. The summed E-state index contributed by atoms with van der Waals surface area (Å²) in [4.78, 5) is 14.7. The van der Waals surface area contributed by atoms with Gasteiger partial charge in [0.2, 0.25) is 5.91 Å². The Morgan fingerprint density at radius 1 is 1.29 bits per heavy atom. The Hall–Kier alpha value is -1.69. The van der Waals surface area contributed by atoms with Crippen molar-refractivity contribution in [3.63, 3.8) is 0 Å². The molecule has 0 bridgehead atoms. The van der Waals surface area contributed by atoms with Gasteiger partial charge in [0, 0.05) is 32.1 Å². The monoisotopic (exact) mass is 351 g/mol. The molecule has 132 valence electrons. The van der Waals surface area contributed by atoms with E-state index in [-0.39, 0.29) is 23.6 Å². The molecule has 1 fully saturated rings. The lowest BCUT2D eigenvalue weighted by molar-refractivity contribution is -0.125. The average Bonchev–Trinajstić information content (AvgIpc) is 2.99. The van der Waals surface area contributed by atoms with Crippen molar-refractivity contribution in [2.24, 2.45) is 11.8 Å². The Morgan fingerprint density at radius 3 is 2.54 bits per heavy atom. The molecule has 2 N–H and O–H groups in total. The number of amides is 1. The fourth-order valence-electron chi connectivity index (χ4n) is 2.98. The zero-order chi connectivity index (χ0) is 17.7. The van der Waals surface area contributed by atoms with Gasteiger partial charge in [-0.1, -0.05) is 26.0 Å². The maximum absolute atomic E-state index is 13.2. The lowest BCUT2D eigenvalue weighted by atomic mass is 9.88. The van der Waals surface area contributed by atoms with Crippen molar-refractivity contribution in [2.75, 3.05) is 26.2 Å². The number of benzene rings is 1. The van der Waals surface area contributed by atoms with Gasteiger partial charge >= 0.3 is 0 Å². The van der Waals surface area contributed by atoms with Crippen LogP contribution >= 0.6 is 12.2 Å². The molecule has 2 atom stereocenters. The Morgan fingerprint density at radius 2 is 1.96 bits per heavy atom. The maximum atomic E-state index is 13.2. The molecule has 1 aliphatic heterocycles. The third kappa shape index (κ3) is 4.66. The van der Waals surface area contributed by atoms with Crippen LogP contribution in [0.5, 0.6) is 0 Å². The van der Waals surface area contributed by atoms with Gasteiger partial charge in [-0.3, -0.25) is 4.79 Å². The molecule has 2 unspecified atom stereocenters. The number of nitrogens with zero attached hydrogens (tertiary/aromatic N) is 1. The molecule has 4 nitrogen and oxygen atoms in total. The number of halogens is 1. The van der Waals surface area contributed by atoms with Crippen molar-refractivity contribution in [1.29, 1.82) is 0 Å². The standard InChI is InChI=1S/C18H26FN3OS/c1-4-20-18(24)22-10-15(13-5-7-14(19)8-6-13)16(11-22)17(23)21-9-12(2)3/h5-8,12,15-16H,4,9-11H2,1-3H3,(H,20,24)(H,21,23). The summed E-state index contributed by atoms with van der Waals surface area (Å²) in [6.45, 7) is 8.78. The predicted octanol–water partition coefficient (Wildman–Crippen LogP) is 2.51. The summed E-state index contributed by atoms with van der Waals surface area (Å²) in [5.74, 6) is -0.00356. The summed E-state index contributed by atoms with van der Waals surface area (Å²) in [6, 6.07) is 6.43. The van der Waals surface area contributed by atoms with E-state index in [1.165, 1.54) is 12.1 Å². The number of nitrogens with one attached hydrogen (secondary N) is 2. The van der Waals surface area contributed by atoms with Crippen LogP contribution in [0, 0.1) is 17.7 Å². The highest BCUT2D eigenvalue weighted by Crippen LogP contribution is 2.33. The largest absolute Gasteiger partial charge is 0.363 e. The number of hydrogen-bond acceptors (Lipinski definition) is 2. The summed E-state index contributed by atoms with van der Waals surface area (Å²) in [6.07, 6.45) is 0. The molecule has 1 heterocycles. The van der Waals surface area contributed by atoms with Gasteiger partial charge in [-0.2, -0.15) is 0 Å². The molecule has 2 rings (SSSR count). The Bertz CT molecular complexity index is 576. The van der Waals surface area contributed by atoms with Crippen LogP contribution in [0.4, 0.5) is 4.39 Å². The first kappa shape index (κ1) is 18.6. The van der Waals surface area contributed by atoms with Gasteiger partial charge in [0.15, 0.2) is 5.11 Å². The van der Waals surface area contributed by atoms with Crippen molar-refractivity contribution in [1.82, 2.24) is 15.5 Å². The minimum absolute atomic E-state index is 0.00867. The van der Waals surface area contributed by atoms with E-state index in [0.29, 0.717) is 30.7 Å². The van der Waals surface area contributed by atoms with Crippen LogP contribution < -0.4 is 10.6 Å². The molecule has 24 heavy (non-hydrogen) atoms. The second-order valence-corrected chi connectivity index (χ2v) is 7.03. The first-order valence-electron chi connectivity index (χ1n) is 8.48. The molecular weight excluding hydrogens is 325 g/mol. The second kappa shape index (κ2) is 8.42. The predicted molar refractivity (Wildman–Crippen MR) is 98.3 cm³/mol. The van der Waals surface area contributed by atoms with E-state index in [9.17, 15) is 9.18 Å². The fraction of sp³-hybridized carbons (Fsp3) is 0.556. The van der Waals surface area contributed by atoms with E-state index < -0.39 is 0 Å². The van der Waals surface area contributed by atoms with Gasteiger partial charge in [0.05, 0.1) is 5.92 Å². The van der Waals surface area contributed by atoms with Crippen LogP contribution in [-0.4, -0.2) is 42.1 Å². The minimum atomic E-state index is -0.266. The van der Waals surface area contributed by atoms with Crippen LogP contribution in [0.15, 0.2) is 24.3 Å². The molecule has 0 spiro atoms. The molecule has 1 aromatic carbocycles. The van der Waals surface area contributed by atoms with E-state index in [2.05, 4.69) is 24.5 Å². The van der Waals surface area contributed by atoms with Crippen LogP contribution in [0.2, 0.25) is 0 Å². The lowest BCUT2D eigenvalue weighted by Crippen LogP contribution is -2.40. The average molecular weight is 351 g/mol. The van der Waals surface area contributed by atoms with Crippen LogP contribution in [0.1, 0.15) is 32.3 Å². The third-order valence-electron chi connectivity index (χ3n) is 4.25. The Balaban J connectivity index is 2.17. The molecule has 0 radical (unpaired) electrons. The molecule has 0 aromatic heterocycles. The topological polar surface area (TPSA) is 44.4 Å². The molecule has 1 saturated heterocycles. The van der Waals surface area contributed by atoms with Gasteiger partial charge < -0.3 is 15.5 Å². The van der Waals surface area contributed by atoms with Crippen molar-refractivity contribution in [2.45, 2.75) is 26.7 Å². The van der Waals surface area contributed by atoms with E-state index in [1.54, 1.807) is 12.1 Å². The quantitative estimate of drug-likeness (QED) is 0.800. The van der Waals surface area contributed by atoms with E-state index in [4.69, 9.17) is 12.2 Å². The van der Waals surface area contributed by atoms with Crippen molar-refractivity contribution >= 4 is 23.2 Å². The molecule has 1 aliphatic rings. The summed E-state index contributed by atoms with van der Waals surface area (Å²) >= 11 is 5.41. The van der Waals surface area contributed by atoms with Gasteiger partial charge in [-0.25, -0.2) is 4.39 Å². The fourth-order valence-corrected chi connectivity index (χ4v) is 3.28. The van der Waals surface area contributed by atoms with E-state index in [1.807, 2.05) is 11.8 Å². The highest BCUT2D eigenvalue weighted by Gasteiger charge is 2.39. The highest BCUT2D eigenvalue weighted by molar-refractivity contribution is 7.80. The molecular formula is C18H26FN3OS. The van der Waals surface area contributed by atoms with Crippen LogP contribution in [-0.2, 0) is 4.79 Å². The van der Waals surface area contributed by atoms with Crippen LogP contribution in [0.25, 0.3) is 0 Å². The number of carbonyl (C=O) groups is 1. The normalized spacial score (nSPS) is 20.3. The summed E-state index contributed by atoms with van der Waals surface area (Å²) < 4.78 is 13.2. The molecule has 0 saturated carbocycles. The van der Waals surface area contributed by atoms with Crippen molar-refractivity contribution in [3.8, 4) is 0 Å². The van der Waals surface area contributed by atoms with Crippen LogP contribution in [0.3, 0.4) is 0 Å². The number of hydrogen-bond donors (Lipinski definition) is 2.